The molecule has 1 aliphatic rings. The molecule has 1 saturated heterocycles. The van der Waals surface area contributed by atoms with Crippen molar-refractivity contribution < 1.29 is 24.1 Å². The molecule has 7 heteroatoms. The van der Waals surface area contributed by atoms with Gasteiger partial charge in [-0.2, -0.15) is 0 Å². The van der Waals surface area contributed by atoms with E-state index in [0.29, 0.717) is 38.7 Å². The van der Waals surface area contributed by atoms with Crippen LogP contribution in [0.15, 0.2) is 24.3 Å². The van der Waals surface area contributed by atoms with E-state index in [9.17, 15) is 9.90 Å². The van der Waals surface area contributed by atoms with Gasteiger partial charge in [-0.25, -0.2) is 4.79 Å². The summed E-state index contributed by atoms with van der Waals surface area (Å²) in [5.41, 5.74) is -0.454. The van der Waals surface area contributed by atoms with Gasteiger partial charge in [-0.05, 0) is 45.0 Å². The number of piperazine rings is 1. The molecule has 1 heterocycles. The van der Waals surface area contributed by atoms with Crippen LogP contribution in [0.3, 0.4) is 0 Å². The Balaban J connectivity index is 1.52. The second kappa shape index (κ2) is 9.64. The smallest absolute Gasteiger partial charge is 0.410 e. The number of amides is 1. The van der Waals surface area contributed by atoms with Crippen LogP contribution < -0.4 is 4.74 Å². The number of carbonyl (C=O) groups excluding carboxylic acids is 1. The summed E-state index contributed by atoms with van der Waals surface area (Å²) in [5.74, 6) is 0.935. The van der Waals surface area contributed by atoms with Crippen molar-refractivity contribution in [2.75, 3.05) is 52.5 Å². The number of benzene rings is 1. The Kier molecular flexibility index (Phi) is 7.53. The summed E-state index contributed by atoms with van der Waals surface area (Å²) >= 11 is 0. The zero-order valence-electron chi connectivity index (χ0n) is 15.9. The zero-order chi connectivity index (χ0) is 19.0. The zero-order valence-corrected chi connectivity index (χ0v) is 15.9. The summed E-state index contributed by atoms with van der Waals surface area (Å²) in [6.45, 7) is 11.1. The van der Waals surface area contributed by atoms with Crippen LogP contribution in [0.4, 0.5) is 4.79 Å². The van der Waals surface area contributed by atoms with Gasteiger partial charge >= 0.3 is 6.09 Å². The van der Waals surface area contributed by atoms with Crippen LogP contribution in [-0.2, 0) is 9.47 Å². The van der Waals surface area contributed by atoms with Crippen molar-refractivity contribution in [3.63, 3.8) is 0 Å². The Hall–Kier alpha value is -1.99. The van der Waals surface area contributed by atoms with E-state index in [1.54, 1.807) is 29.2 Å². The molecular formula is C19H30N2O5. The summed E-state index contributed by atoms with van der Waals surface area (Å²) in [4.78, 5) is 16.1. The number of hydrogen-bond acceptors (Lipinski definition) is 6. The monoisotopic (exact) mass is 366 g/mol. The van der Waals surface area contributed by atoms with Gasteiger partial charge in [-0.3, -0.25) is 4.90 Å². The van der Waals surface area contributed by atoms with Gasteiger partial charge in [0.15, 0.2) is 0 Å². The summed E-state index contributed by atoms with van der Waals surface area (Å²) in [6.07, 6.45) is -0.236. The predicted molar refractivity (Wildman–Crippen MR) is 98.7 cm³/mol. The molecule has 146 valence electrons. The van der Waals surface area contributed by atoms with E-state index < -0.39 is 5.60 Å². The van der Waals surface area contributed by atoms with E-state index in [4.69, 9.17) is 14.2 Å². The van der Waals surface area contributed by atoms with Crippen molar-refractivity contribution in [2.24, 2.45) is 0 Å². The Labute approximate surface area is 155 Å². The van der Waals surface area contributed by atoms with E-state index in [1.807, 2.05) is 20.8 Å². The first-order chi connectivity index (χ1) is 12.3. The molecule has 1 fully saturated rings. The summed E-state index contributed by atoms with van der Waals surface area (Å²) in [7, 11) is 0. The van der Waals surface area contributed by atoms with Crippen LogP contribution in [0.25, 0.3) is 0 Å². The van der Waals surface area contributed by atoms with Crippen LogP contribution in [0.1, 0.15) is 20.8 Å². The first-order valence-corrected chi connectivity index (χ1v) is 9.03. The first-order valence-electron chi connectivity index (χ1n) is 9.03. The third kappa shape index (κ3) is 7.49. The molecule has 0 bridgehead atoms. The van der Waals surface area contributed by atoms with Gasteiger partial charge in [0, 0.05) is 32.7 Å². The lowest BCUT2D eigenvalue weighted by Crippen LogP contribution is -2.50. The molecule has 0 unspecified atom stereocenters. The number of aromatic hydroxyl groups is 1. The molecule has 26 heavy (non-hydrogen) atoms. The topological polar surface area (TPSA) is 71.5 Å². The molecule has 0 atom stereocenters. The normalized spacial score (nSPS) is 15.7. The largest absolute Gasteiger partial charge is 0.508 e. The van der Waals surface area contributed by atoms with E-state index >= 15 is 0 Å². The molecule has 7 nitrogen and oxygen atoms in total. The van der Waals surface area contributed by atoms with Crippen molar-refractivity contribution in [3.8, 4) is 11.5 Å². The molecule has 0 spiro atoms. The minimum absolute atomic E-state index is 0.223. The third-order valence-corrected chi connectivity index (χ3v) is 3.91. The van der Waals surface area contributed by atoms with Crippen molar-refractivity contribution in [1.82, 2.24) is 9.80 Å². The average Bonchev–Trinajstić information content (AvgIpc) is 2.58. The molecule has 0 aliphatic carbocycles. The van der Waals surface area contributed by atoms with E-state index in [2.05, 4.69) is 4.90 Å². The molecule has 1 amide bonds. The molecule has 1 N–H and O–H groups in total. The maximum Gasteiger partial charge on any atom is 0.410 e. The van der Waals surface area contributed by atoms with Crippen LogP contribution >= 0.6 is 0 Å². The van der Waals surface area contributed by atoms with Gasteiger partial charge in [0.2, 0.25) is 0 Å². The number of nitrogens with zero attached hydrogens (tertiary/aromatic N) is 2. The van der Waals surface area contributed by atoms with Gasteiger partial charge in [-0.1, -0.05) is 0 Å². The van der Waals surface area contributed by atoms with Gasteiger partial charge < -0.3 is 24.2 Å². The second-order valence-corrected chi connectivity index (χ2v) is 7.26. The fraction of sp³-hybridized carbons (Fsp3) is 0.632. The summed E-state index contributed by atoms with van der Waals surface area (Å²) < 4.78 is 16.5. The lowest BCUT2D eigenvalue weighted by atomic mass is 10.2. The molecule has 0 radical (unpaired) electrons. The number of hydrogen-bond donors (Lipinski definition) is 1. The SMILES string of the molecule is CC(C)(C)OC(=O)N1CCN(CCOCCOc2ccc(O)cc2)CC1. The number of phenols is 1. The summed E-state index contributed by atoms with van der Waals surface area (Å²) in [6, 6.07) is 6.62. The van der Waals surface area contributed by atoms with E-state index in [-0.39, 0.29) is 11.8 Å². The highest BCUT2D eigenvalue weighted by molar-refractivity contribution is 5.68. The Morgan fingerprint density at radius 1 is 1.04 bits per heavy atom. The highest BCUT2D eigenvalue weighted by Crippen LogP contribution is 2.15. The molecule has 0 aromatic heterocycles. The van der Waals surface area contributed by atoms with Gasteiger partial charge in [0.25, 0.3) is 0 Å². The van der Waals surface area contributed by atoms with Gasteiger partial charge in [0.1, 0.15) is 23.7 Å². The number of ether oxygens (including phenoxy) is 3. The minimum atomic E-state index is -0.454. The molecule has 1 aliphatic heterocycles. The average molecular weight is 366 g/mol. The van der Waals surface area contributed by atoms with Crippen LogP contribution in [0.5, 0.6) is 11.5 Å². The predicted octanol–water partition coefficient (Wildman–Crippen LogP) is 2.34. The van der Waals surface area contributed by atoms with Crippen LogP contribution in [-0.4, -0.2) is 79.1 Å². The highest BCUT2D eigenvalue weighted by Gasteiger charge is 2.25. The van der Waals surface area contributed by atoms with Crippen molar-refractivity contribution in [1.29, 1.82) is 0 Å². The van der Waals surface area contributed by atoms with Crippen LogP contribution in [0.2, 0.25) is 0 Å². The quantitative estimate of drug-likeness (QED) is 0.747. The molecule has 1 aromatic carbocycles. The molecule has 2 rings (SSSR count). The molecule has 1 aromatic rings. The van der Waals surface area contributed by atoms with Crippen LogP contribution in [0, 0.1) is 0 Å². The maximum atomic E-state index is 12.0. The van der Waals surface area contributed by atoms with Crippen molar-refractivity contribution in [3.05, 3.63) is 24.3 Å². The Morgan fingerprint density at radius 3 is 2.31 bits per heavy atom. The van der Waals surface area contributed by atoms with Gasteiger partial charge in [0.05, 0.1) is 13.2 Å². The Bertz CT molecular complexity index is 548. The Morgan fingerprint density at radius 2 is 1.69 bits per heavy atom. The lowest BCUT2D eigenvalue weighted by molar-refractivity contribution is 0.0108. The molecular weight excluding hydrogens is 336 g/mol. The summed E-state index contributed by atoms with van der Waals surface area (Å²) in [5, 5.41) is 9.20. The van der Waals surface area contributed by atoms with Gasteiger partial charge in [-0.15, -0.1) is 0 Å². The maximum absolute atomic E-state index is 12.0. The first kappa shape index (κ1) is 20.3. The van der Waals surface area contributed by atoms with E-state index in [0.717, 1.165) is 19.6 Å². The fourth-order valence-electron chi connectivity index (χ4n) is 2.54. The number of phenolic OH excluding ortho intramolecular Hbond substituents is 1. The fourth-order valence-corrected chi connectivity index (χ4v) is 2.54. The number of carbonyl (C=O) groups is 1. The second-order valence-electron chi connectivity index (χ2n) is 7.26. The number of rotatable bonds is 7. The van der Waals surface area contributed by atoms with Crippen molar-refractivity contribution >= 4 is 6.09 Å². The highest BCUT2D eigenvalue weighted by atomic mass is 16.6. The lowest BCUT2D eigenvalue weighted by Gasteiger charge is -2.35. The van der Waals surface area contributed by atoms with Crippen molar-refractivity contribution in [2.45, 2.75) is 26.4 Å². The standard InChI is InChI=1S/C19H30N2O5/c1-19(2,3)26-18(23)21-10-8-20(9-11-21)12-13-24-14-15-25-17-6-4-16(22)5-7-17/h4-7,22H,8-15H2,1-3H3. The minimum Gasteiger partial charge on any atom is -0.508 e. The molecule has 0 saturated carbocycles. The van der Waals surface area contributed by atoms with E-state index in [1.165, 1.54) is 0 Å². The third-order valence-electron chi connectivity index (χ3n) is 3.91.